The van der Waals surface area contributed by atoms with Gasteiger partial charge >= 0.3 is 5.97 Å². The van der Waals surface area contributed by atoms with Crippen molar-refractivity contribution in [1.82, 2.24) is 4.90 Å². The van der Waals surface area contributed by atoms with Crippen LogP contribution in [0.25, 0.3) is 6.08 Å². The number of likely N-dealkylation sites (tertiary alicyclic amines) is 1. The number of carboxylic acid groups (broad SMARTS) is 1. The molecule has 2 fully saturated rings. The van der Waals surface area contributed by atoms with Crippen LogP contribution in [0.4, 0.5) is 0 Å². The summed E-state index contributed by atoms with van der Waals surface area (Å²) >= 11 is 0. The van der Waals surface area contributed by atoms with Crippen LogP contribution < -0.4 is 4.74 Å². The smallest absolute Gasteiger partial charge is 0.332 e. The summed E-state index contributed by atoms with van der Waals surface area (Å²) in [6, 6.07) is 16.9. The normalized spacial score (nSPS) is 20.1. The maximum absolute atomic E-state index is 12.8. The third kappa shape index (κ3) is 6.97. The Kier molecular flexibility index (Phi) is 8.76. The van der Waals surface area contributed by atoms with E-state index in [0.29, 0.717) is 36.4 Å². The number of carbonyl (C=O) groups is 2. The van der Waals surface area contributed by atoms with Gasteiger partial charge in [-0.25, -0.2) is 4.79 Å². The van der Waals surface area contributed by atoms with E-state index in [-0.39, 0.29) is 17.9 Å². The summed E-state index contributed by atoms with van der Waals surface area (Å²) in [4.78, 5) is 31.8. The standard InChI is InChI=1S/C29H34N2O5/c1-21(23-7-3-2-4-8-23)30-36-16-15-35-27-13-11-22(12-14-27)17-26(29(33)34)18-28(32)31-19-24-9-5-6-10-25(24)20-31/h2-4,7-8,11-14,17,24-25H,5-6,9-10,15-16,18-20H2,1H3,(H,33,34)/b26-17+,30-21?/t24-,25+. The summed E-state index contributed by atoms with van der Waals surface area (Å²) in [5.74, 6) is 0.647. The quantitative estimate of drug-likeness (QED) is 0.219. The van der Waals surface area contributed by atoms with Gasteiger partial charge in [-0.05, 0) is 60.9 Å². The molecule has 36 heavy (non-hydrogen) atoms. The summed E-state index contributed by atoms with van der Waals surface area (Å²) in [5, 5.41) is 13.8. The van der Waals surface area contributed by atoms with Crippen LogP contribution in [0.2, 0.25) is 0 Å². The Balaban J connectivity index is 1.25. The molecule has 0 unspecified atom stereocenters. The number of nitrogens with zero attached hydrogens (tertiary/aromatic N) is 2. The van der Waals surface area contributed by atoms with Crippen LogP contribution in [0.15, 0.2) is 65.3 Å². The zero-order chi connectivity index (χ0) is 25.3. The van der Waals surface area contributed by atoms with Gasteiger partial charge in [-0.15, -0.1) is 0 Å². The number of oxime groups is 1. The number of amides is 1. The molecule has 2 aromatic rings. The van der Waals surface area contributed by atoms with Crippen molar-refractivity contribution in [2.24, 2.45) is 17.0 Å². The second kappa shape index (κ2) is 12.4. The molecule has 2 aromatic carbocycles. The molecule has 1 aliphatic heterocycles. The van der Waals surface area contributed by atoms with Gasteiger partial charge in [-0.3, -0.25) is 4.79 Å². The summed E-state index contributed by atoms with van der Waals surface area (Å²) < 4.78 is 5.69. The van der Waals surface area contributed by atoms with Crippen molar-refractivity contribution < 1.29 is 24.3 Å². The number of carbonyl (C=O) groups excluding carboxylic acids is 1. The van der Waals surface area contributed by atoms with Crippen LogP contribution in [-0.2, 0) is 14.4 Å². The number of carboxylic acids is 1. The van der Waals surface area contributed by atoms with Crippen LogP contribution in [0, 0.1) is 11.8 Å². The summed E-state index contributed by atoms with van der Waals surface area (Å²) in [6.07, 6.45) is 6.30. The first-order chi connectivity index (χ1) is 17.5. The third-order valence-electron chi connectivity index (χ3n) is 7.00. The maximum atomic E-state index is 12.8. The van der Waals surface area contributed by atoms with Gasteiger partial charge in [0.25, 0.3) is 0 Å². The first-order valence-corrected chi connectivity index (χ1v) is 12.7. The van der Waals surface area contributed by atoms with E-state index >= 15 is 0 Å². The zero-order valence-corrected chi connectivity index (χ0v) is 20.8. The first-order valence-electron chi connectivity index (χ1n) is 12.7. The van der Waals surface area contributed by atoms with Crippen molar-refractivity contribution in [3.8, 4) is 5.75 Å². The highest BCUT2D eigenvalue weighted by molar-refractivity contribution is 5.98. The molecule has 1 aliphatic carbocycles. The van der Waals surface area contributed by atoms with E-state index in [1.54, 1.807) is 30.3 Å². The number of benzene rings is 2. The summed E-state index contributed by atoms with van der Waals surface area (Å²) in [7, 11) is 0. The molecule has 190 valence electrons. The lowest BCUT2D eigenvalue weighted by molar-refractivity contribution is -0.136. The van der Waals surface area contributed by atoms with E-state index in [0.717, 1.165) is 24.4 Å². The molecule has 7 nitrogen and oxygen atoms in total. The number of rotatable bonds is 10. The van der Waals surface area contributed by atoms with E-state index in [1.165, 1.54) is 25.7 Å². The van der Waals surface area contributed by atoms with Crippen LogP contribution in [-0.4, -0.2) is 53.9 Å². The molecular weight excluding hydrogens is 456 g/mol. The summed E-state index contributed by atoms with van der Waals surface area (Å²) in [5.41, 5.74) is 2.61. The zero-order valence-electron chi connectivity index (χ0n) is 20.8. The van der Waals surface area contributed by atoms with Crippen molar-refractivity contribution in [3.05, 3.63) is 71.3 Å². The SMILES string of the molecule is CC(=NOCCOc1ccc(/C=C(\CC(=O)N2C[C@H]3CCCC[C@H]3C2)C(=O)O)cc1)c1ccccc1. The van der Waals surface area contributed by atoms with Crippen molar-refractivity contribution >= 4 is 23.7 Å². The molecule has 1 saturated heterocycles. The second-order valence-corrected chi connectivity index (χ2v) is 9.55. The monoisotopic (exact) mass is 490 g/mol. The molecule has 0 radical (unpaired) electrons. The van der Waals surface area contributed by atoms with Gasteiger partial charge in [0.1, 0.15) is 12.4 Å². The fraction of sp³-hybridized carbons (Fsp3) is 0.414. The average molecular weight is 491 g/mol. The van der Waals surface area contributed by atoms with Crippen LogP contribution in [0.1, 0.15) is 50.2 Å². The molecule has 1 saturated carbocycles. The molecule has 0 spiro atoms. The fourth-order valence-corrected chi connectivity index (χ4v) is 5.01. The number of hydrogen-bond donors (Lipinski definition) is 1. The van der Waals surface area contributed by atoms with Gasteiger partial charge in [0.2, 0.25) is 5.91 Å². The largest absolute Gasteiger partial charge is 0.490 e. The lowest BCUT2D eigenvalue weighted by Crippen LogP contribution is -2.29. The Morgan fingerprint density at radius 1 is 1.00 bits per heavy atom. The molecule has 7 heteroatoms. The van der Waals surface area contributed by atoms with Crippen molar-refractivity contribution in [2.75, 3.05) is 26.3 Å². The Hall–Kier alpha value is -3.61. The lowest BCUT2D eigenvalue weighted by Gasteiger charge is -2.22. The topological polar surface area (TPSA) is 88.4 Å². The second-order valence-electron chi connectivity index (χ2n) is 9.55. The Bertz CT molecular complexity index is 1080. The minimum atomic E-state index is -1.07. The minimum absolute atomic E-state index is 0.0900. The molecular formula is C29H34N2O5. The number of ether oxygens (including phenoxy) is 1. The highest BCUT2D eigenvalue weighted by atomic mass is 16.6. The van der Waals surface area contributed by atoms with Gasteiger partial charge in [0.05, 0.1) is 12.1 Å². The fourth-order valence-electron chi connectivity index (χ4n) is 5.01. The van der Waals surface area contributed by atoms with E-state index in [1.807, 2.05) is 42.2 Å². The van der Waals surface area contributed by atoms with E-state index in [9.17, 15) is 14.7 Å². The molecule has 2 atom stereocenters. The van der Waals surface area contributed by atoms with Crippen LogP contribution in [0.5, 0.6) is 5.75 Å². The molecule has 0 aromatic heterocycles. The Morgan fingerprint density at radius 3 is 2.31 bits per heavy atom. The molecule has 1 heterocycles. The average Bonchev–Trinajstić information content (AvgIpc) is 3.34. The highest BCUT2D eigenvalue weighted by Gasteiger charge is 2.36. The minimum Gasteiger partial charge on any atom is -0.490 e. The molecule has 1 N–H and O–H groups in total. The molecule has 4 rings (SSSR count). The Morgan fingerprint density at radius 2 is 1.67 bits per heavy atom. The van der Waals surface area contributed by atoms with E-state index in [2.05, 4.69) is 5.16 Å². The number of aliphatic carboxylic acids is 1. The van der Waals surface area contributed by atoms with Crippen LogP contribution in [0.3, 0.4) is 0 Å². The van der Waals surface area contributed by atoms with E-state index < -0.39 is 5.97 Å². The van der Waals surface area contributed by atoms with Gasteiger partial charge in [0.15, 0.2) is 6.61 Å². The highest BCUT2D eigenvalue weighted by Crippen LogP contribution is 2.36. The predicted molar refractivity (Wildman–Crippen MR) is 139 cm³/mol. The molecule has 0 bridgehead atoms. The van der Waals surface area contributed by atoms with Gasteiger partial charge in [-0.1, -0.05) is 60.5 Å². The maximum Gasteiger partial charge on any atom is 0.332 e. The summed E-state index contributed by atoms with van der Waals surface area (Å²) in [6.45, 7) is 4.05. The third-order valence-corrected chi connectivity index (χ3v) is 7.00. The van der Waals surface area contributed by atoms with E-state index in [4.69, 9.17) is 9.57 Å². The first kappa shape index (κ1) is 25.5. The number of fused-ring (bicyclic) bond motifs is 1. The van der Waals surface area contributed by atoms with Crippen molar-refractivity contribution in [3.63, 3.8) is 0 Å². The van der Waals surface area contributed by atoms with Gasteiger partial charge < -0.3 is 19.6 Å². The van der Waals surface area contributed by atoms with Gasteiger partial charge in [-0.2, -0.15) is 0 Å². The molecule has 2 aliphatic rings. The number of hydrogen-bond acceptors (Lipinski definition) is 5. The molecule has 1 amide bonds. The lowest BCUT2D eigenvalue weighted by atomic mass is 9.82. The predicted octanol–water partition coefficient (Wildman–Crippen LogP) is 5.01. The van der Waals surface area contributed by atoms with Crippen molar-refractivity contribution in [1.29, 1.82) is 0 Å². The van der Waals surface area contributed by atoms with Crippen molar-refractivity contribution in [2.45, 2.75) is 39.0 Å². The van der Waals surface area contributed by atoms with Gasteiger partial charge in [0, 0.05) is 18.7 Å². The Labute approximate surface area is 212 Å². The van der Waals surface area contributed by atoms with Crippen LogP contribution >= 0.6 is 0 Å².